The molecule has 2 atom stereocenters. The molecule has 0 saturated carbocycles. The van der Waals surface area contributed by atoms with Crippen molar-refractivity contribution in [2.24, 2.45) is 0 Å². The number of hydrogen-bond donors (Lipinski definition) is 2. The number of ether oxygens (including phenoxy) is 1. The molecule has 3 rings (SSSR count). The first kappa shape index (κ1) is 26.5. The molecule has 0 bridgehead atoms. The van der Waals surface area contributed by atoms with Gasteiger partial charge in [-0.15, -0.1) is 0 Å². The fraction of sp³-hybridized carbons (Fsp3) is 0.600. The summed E-state index contributed by atoms with van der Waals surface area (Å²) < 4.78 is 5.84. The van der Waals surface area contributed by atoms with E-state index in [9.17, 15) is 19.2 Å². The highest BCUT2D eigenvalue weighted by atomic mass is 16.5. The number of carbonyl (C=O) groups excluding carboxylic acids is 4. The van der Waals surface area contributed by atoms with Crippen molar-refractivity contribution in [2.75, 3.05) is 53.9 Å². The summed E-state index contributed by atoms with van der Waals surface area (Å²) in [5.41, 5.74) is 0.300. The fourth-order valence-corrected chi connectivity index (χ4v) is 4.41. The number of para-hydroxylation sites is 1. The van der Waals surface area contributed by atoms with Gasteiger partial charge in [0.2, 0.25) is 17.7 Å². The summed E-state index contributed by atoms with van der Waals surface area (Å²) in [6.45, 7) is 2.32. The van der Waals surface area contributed by atoms with Crippen LogP contribution in [0.1, 0.15) is 42.5 Å². The van der Waals surface area contributed by atoms with Crippen molar-refractivity contribution >= 4 is 23.6 Å². The average Bonchev–Trinajstić information content (AvgIpc) is 3.33. The van der Waals surface area contributed by atoms with Gasteiger partial charge >= 0.3 is 0 Å². The fourth-order valence-electron chi connectivity index (χ4n) is 4.41. The van der Waals surface area contributed by atoms with Crippen molar-refractivity contribution in [2.45, 2.75) is 44.2 Å². The summed E-state index contributed by atoms with van der Waals surface area (Å²) in [7, 11) is 5.61. The lowest BCUT2D eigenvalue weighted by atomic mass is 10.1. The van der Waals surface area contributed by atoms with Gasteiger partial charge in [-0.2, -0.15) is 0 Å². The van der Waals surface area contributed by atoms with Crippen molar-refractivity contribution in [3.63, 3.8) is 0 Å². The molecule has 192 valence electrons. The number of amides is 4. The summed E-state index contributed by atoms with van der Waals surface area (Å²) in [5, 5.41) is 5.67. The van der Waals surface area contributed by atoms with Crippen LogP contribution in [0.25, 0.3) is 0 Å². The van der Waals surface area contributed by atoms with E-state index in [4.69, 9.17) is 4.74 Å². The van der Waals surface area contributed by atoms with Crippen LogP contribution in [0, 0.1) is 0 Å². The van der Waals surface area contributed by atoms with E-state index in [1.54, 1.807) is 41.1 Å². The van der Waals surface area contributed by atoms with Gasteiger partial charge in [-0.1, -0.05) is 12.1 Å². The minimum atomic E-state index is -0.886. The van der Waals surface area contributed by atoms with E-state index in [0.717, 1.165) is 19.4 Å². The maximum absolute atomic E-state index is 13.1. The Balaban J connectivity index is 1.81. The first-order valence-electron chi connectivity index (χ1n) is 12.3. The maximum atomic E-state index is 13.1. The van der Waals surface area contributed by atoms with Gasteiger partial charge in [-0.25, -0.2) is 0 Å². The molecule has 1 saturated heterocycles. The Bertz CT molecular complexity index is 921. The van der Waals surface area contributed by atoms with Crippen molar-refractivity contribution < 1.29 is 23.9 Å². The van der Waals surface area contributed by atoms with Crippen LogP contribution in [0.5, 0.6) is 5.75 Å². The Morgan fingerprint density at radius 1 is 1.17 bits per heavy atom. The predicted octanol–water partition coefficient (Wildman–Crippen LogP) is 0.475. The van der Waals surface area contributed by atoms with E-state index in [0.29, 0.717) is 37.4 Å². The highest BCUT2D eigenvalue weighted by molar-refractivity contribution is 5.99. The summed E-state index contributed by atoms with van der Waals surface area (Å²) in [4.78, 5) is 57.4. The molecule has 0 radical (unpaired) electrons. The number of likely N-dealkylation sites (N-methyl/N-ethyl adjacent to an activating group) is 1. The number of nitrogens with one attached hydrogen (secondary N) is 2. The van der Waals surface area contributed by atoms with Crippen LogP contribution in [-0.4, -0.2) is 104 Å². The maximum Gasteiger partial charge on any atom is 0.255 e. The molecule has 2 heterocycles. The van der Waals surface area contributed by atoms with Gasteiger partial charge in [0.05, 0.1) is 12.1 Å². The summed E-state index contributed by atoms with van der Waals surface area (Å²) in [5.74, 6) is -0.696. The van der Waals surface area contributed by atoms with Crippen LogP contribution in [0.3, 0.4) is 0 Å². The number of hydrogen-bond acceptors (Lipinski definition) is 6. The second-order valence-electron chi connectivity index (χ2n) is 9.36. The number of nitrogens with zero attached hydrogens (tertiary/aromatic N) is 3. The molecule has 0 unspecified atom stereocenters. The second-order valence-corrected chi connectivity index (χ2v) is 9.36. The minimum absolute atomic E-state index is 0.0572. The zero-order chi connectivity index (χ0) is 25.4. The number of benzene rings is 1. The zero-order valence-corrected chi connectivity index (χ0v) is 20.9. The molecule has 10 heteroatoms. The van der Waals surface area contributed by atoms with Crippen LogP contribution in [0.2, 0.25) is 0 Å². The molecular weight excluding hydrogens is 450 g/mol. The monoisotopic (exact) mass is 487 g/mol. The Morgan fingerprint density at radius 2 is 1.94 bits per heavy atom. The first-order valence-corrected chi connectivity index (χ1v) is 12.3. The lowest BCUT2D eigenvalue weighted by Crippen LogP contribution is -2.49. The molecule has 35 heavy (non-hydrogen) atoms. The molecule has 2 aliphatic heterocycles. The van der Waals surface area contributed by atoms with Crippen molar-refractivity contribution in [3.05, 3.63) is 29.8 Å². The summed E-state index contributed by atoms with van der Waals surface area (Å²) in [6, 6.07) is 5.42. The van der Waals surface area contributed by atoms with Crippen molar-refractivity contribution in [1.82, 2.24) is 25.3 Å². The predicted molar refractivity (Wildman–Crippen MR) is 131 cm³/mol. The number of fused-ring (bicyclic) bond motifs is 2. The highest BCUT2D eigenvalue weighted by Crippen LogP contribution is 2.22. The molecule has 4 amide bonds. The molecular formula is C25H37N5O5. The van der Waals surface area contributed by atoms with E-state index in [-0.39, 0.29) is 37.2 Å². The Morgan fingerprint density at radius 3 is 2.71 bits per heavy atom. The third kappa shape index (κ3) is 7.17. The quantitative estimate of drug-likeness (QED) is 0.585. The number of rotatable bonds is 5. The van der Waals surface area contributed by atoms with Gasteiger partial charge in [0.15, 0.2) is 0 Å². The molecule has 10 nitrogen and oxygen atoms in total. The highest BCUT2D eigenvalue weighted by Gasteiger charge is 2.36. The third-order valence-electron chi connectivity index (χ3n) is 6.40. The topological polar surface area (TPSA) is 111 Å². The smallest absolute Gasteiger partial charge is 0.255 e. The Labute approximate surface area is 206 Å². The molecule has 0 spiro atoms. The molecule has 1 aromatic carbocycles. The lowest BCUT2D eigenvalue weighted by molar-refractivity contribution is -0.143. The van der Waals surface area contributed by atoms with Crippen molar-refractivity contribution in [3.8, 4) is 5.75 Å². The van der Waals surface area contributed by atoms with Gasteiger partial charge in [0, 0.05) is 26.6 Å². The van der Waals surface area contributed by atoms with Gasteiger partial charge < -0.3 is 30.1 Å². The summed E-state index contributed by atoms with van der Waals surface area (Å²) >= 11 is 0. The lowest BCUT2D eigenvalue weighted by Gasteiger charge is -2.28. The zero-order valence-electron chi connectivity index (χ0n) is 20.9. The van der Waals surface area contributed by atoms with E-state index in [2.05, 4.69) is 10.6 Å². The van der Waals surface area contributed by atoms with Gasteiger partial charge in [0.1, 0.15) is 24.4 Å². The van der Waals surface area contributed by atoms with Crippen LogP contribution < -0.4 is 15.4 Å². The molecule has 2 aliphatic rings. The molecule has 1 aromatic rings. The Kier molecular flexibility index (Phi) is 9.47. The normalized spacial score (nSPS) is 22.0. The van der Waals surface area contributed by atoms with Crippen LogP contribution in [0.4, 0.5) is 0 Å². The van der Waals surface area contributed by atoms with Gasteiger partial charge in [-0.3, -0.25) is 19.2 Å². The van der Waals surface area contributed by atoms with Gasteiger partial charge in [-0.05, 0) is 58.5 Å². The van der Waals surface area contributed by atoms with Crippen LogP contribution in [0.15, 0.2) is 24.3 Å². The summed E-state index contributed by atoms with van der Waals surface area (Å²) in [6.07, 6.45) is 2.33. The standard InChI is InChI=1S/C25H37N5O5/c1-28(2)14-7-13-26-24(33)19-11-12-22(31)30-15-6-9-20(30)25(34)29(3)16-17-35-21-10-5-4-8-18(21)23(32)27-19/h4-5,8,10,19-20H,6-7,9,11-17H2,1-3H3,(H,26,33)(H,27,32)/t19-,20-/m0/s1. The molecule has 2 N–H and O–H groups in total. The molecule has 0 aromatic heterocycles. The first-order chi connectivity index (χ1) is 16.8. The number of carbonyl (C=O) groups is 4. The van der Waals surface area contributed by atoms with E-state index in [1.807, 2.05) is 19.0 Å². The Hall–Kier alpha value is -3.14. The average molecular weight is 488 g/mol. The van der Waals surface area contributed by atoms with E-state index in [1.165, 1.54) is 0 Å². The van der Waals surface area contributed by atoms with Crippen LogP contribution >= 0.6 is 0 Å². The SMILES string of the molecule is CN(C)CCCNC(=O)[C@@H]1CCC(=O)N2CCC[C@H]2C(=O)N(C)CCOc2ccccc2C(=O)N1. The van der Waals surface area contributed by atoms with Crippen LogP contribution in [-0.2, 0) is 14.4 Å². The largest absolute Gasteiger partial charge is 0.491 e. The van der Waals surface area contributed by atoms with Crippen molar-refractivity contribution in [1.29, 1.82) is 0 Å². The minimum Gasteiger partial charge on any atom is -0.491 e. The van der Waals surface area contributed by atoms with E-state index >= 15 is 0 Å². The second kappa shape index (κ2) is 12.5. The molecule has 1 fully saturated rings. The van der Waals surface area contributed by atoms with E-state index < -0.39 is 18.0 Å². The van der Waals surface area contributed by atoms with Gasteiger partial charge in [0.25, 0.3) is 5.91 Å². The third-order valence-corrected chi connectivity index (χ3v) is 6.40. The molecule has 0 aliphatic carbocycles.